The molecule has 0 bridgehead atoms. The molecule has 202 valence electrons. The van der Waals surface area contributed by atoms with Crippen LogP contribution in [0.25, 0.3) is 32.2 Å². The lowest BCUT2D eigenvalue weighted by molar-refractivity contribution is -0.158. The van der Waals surface area contributed by atoms with Gasteiger partial charge in [-0.1, -0.05) is 0 Å². The van der Waals surface area contributed by atoms with Crippen molar-refractivity contribution >= 4 is 37.3 Å². The maximum Gasteiger partial charge on any atom is 0.345 e. The Morgan fingerprint density at radius 3 is 2.82 bits per heavy atom. The summed E-state index contributed by atoms with van der Waals surface area (Å²) in [5.74, 6) is -1.42. The molecule has 0 aliphatic carbocycles. The molecule has 2 N–H and O–H groups in total. The van der Waals surface area contributed by atoms with Gasteiger partial charge in [0.05, 0.1) is 41.5 Å². The van der Waals surface area contributed by atoms with Crippen LogP contribution in [0.3, 0.4) is 0 Å². The summed E-state index contributed by atoms with van der Waals surface area (Å²) in [7, 11) is 1.77. The fraction of sp³-hybridized carbons (Fsp3) is 0.360. The lowest BCUT2D eigenvalue weighted by Crippen LogP contribution is -2.31. The van der Waals surface area contributed by atoms with Crippen LogP contribution in [-0.2, 0) is 22.7 Å². The third-order valence-electron chi connectivity index (χ3n) is 7.07. The van der Waals surface area contributed by atoms with Crippen LogP contribution in [-0.4, -0.2) is 58.8 Å². The van der Waals surface area contributed by atoms with E-state index < -0.39 is 24.3 Å². The molecule has 0 saturated carbocycles. The number of nitrogens with two attached hydrogens (primary N) is 1. The number of likely N-dealkylation sites (N-methyl/N-ethyl adjacent to an activating group) is 1. The topological polar surface area (TPSA) is 119 Å². The molecule has 9 nitrogen and oxygen atoms in total. The number of fused-ring (bicyclic) bond motifs is 4. The number of ether oxygens (including phenoxy) is 3. The predicted molar refractivity (Wildman–Crippen MR) is 133 cm³/mol. The normalized spacial score (nSPS) is 19.3. The molecule has 4 aromatic rings. The van der Waals surface area contributed by atoms with E-state index in [1.54, 1.807) is 7.05 Å². The van der Waals surface area contributed by atoms with Gasteiger partial charge in [-0.2, -0.15) is 19.0 Å². The van der Waals surface area contributed by atoms with Crippen LogP contribution in [0, 0.1) is 23.0 Å². The number of rotatable bonds is 6. The van der Waals surface area contributed by atoms with Crippen molar-refractivity contribution in [3.05, 3.63) is 40.7 Å². The van der Waals surface area contributed by atoms with Gasteiger partial charge in [-0.25, -0.2) is 13.8 Å². The molecule has 1 fully saturated rings. The van der Waals surface area contributed by atoms with Crippen molar-refractivity contribution in [2.24, 2.45) is 0 Å². The van der Waals surface area contributed by atoms with Crippen LogP contribution < -0.4 is 10.5 Å². The van der Waals surface area contributed by atoms with Gasteiger partial charge in [-0.05, 0) is 24.6 Å². The van der Waals surface area contributed by atoms with Gasteiger partial charge in [0.2, 0.25) is 0 Å². The lowest BCUT2D eigenvalue weighted by atomic mass is 9.94. The Bertz CT molecular complexity index is 1660. The Labute approximate surface area is 222 Å². The Kier molecular flexibility index (Phi) is 6.46. The van der Waals surface area contributed by atoms with E-state index in [-0.39, 0.29) is 69.3 Å². The first kappa shape index (κ1) is 25.6. The second-order valence-electron chi connectivity index (χ2n) is 9.32. The molecule has 2 aliphatic heterocycles. The minimum absolute atomic E-state index is 0.0191. The zero-order valence-corrected chi connectivity index (χ0v) is 21.2. The van der Waals surface area contributed by atoms with Crippen LogP contribution in [0.1, 0.15) is 23.1 Å². The quantitative estimate of drug-likeness (QED) is 0.343. The van der Waals surface area contributed by atoms with Crippen LogP contribution in [0.15, 0.2) is 12.4 Å². The second-order valence-corrected chi connectivity index (χ2v) is 10.4. The van der Waals surface area contributed by atoms with Gasteiger partial charge in [0.25, 0.3) is 0 Å². The van der Waals surface area contributed by atoms with Gasteiger partial charge in [0.15, 0.2) is 11.6 Å². The number of benzene rings is 1. The minimum Gasteiger partial charge on any atom is -0.462 e. The third-order valence-corrected chi connectivity index (χ3v) is 8.10. The average Bonchev–Trinajstić information content (AvgIpc) is 3.60. The highest BCUT2D eigenvalue weighted by molar-refractivity contribution is 7.23. The molecular formula is C25H20F4N6O3S. The number of hydrogen-bond donors (Lipinski definition) is 1. The molecule has 0 amide bonds. The molecule has 3 aromatic heterocycles. The van der Waals surface area contributed by atoms with Crippen molar-refractivity contribution in [2.45, 2.75) is 38.4 Å². The highest BCUT2D eigenvalue weighted by atomic mass is 32.1. The number of hydrogen-bond acceptors (Lipinski definition) is 10. The van der Waals surface area contributed by atoms with Gasteiger partial charge < -0.3 is 19.9 Å². The van der Waals surface area contributed by atoms with Crippen molar-refractivity contribution in [1.29, 1.82) is 5.26 Å². The molecule has 1 unspecified atom stereocenters. The second kappa shape index (κ2) is 9.83. The molecule has 0 radical (unpaired) electrons. The van der Waals surface area contributed by atoms with Gasteiger partial charge >= 0.3 is 12.6 Å². The molecule has 0 spiro atoms. The molecule has 2 atom stereocenters. The molecule has 14 heteroatoms. The average molecular weight is 561 g/mol. The lowest BCUT2D eigenvalue weighted by Gasteiger charge is -2.18. The first-order valence-corrected chi connectivity index (χ1v) is 12.7. The molecule has 6 rings (SSSR count). The SMILES string of the molecule is CN1CC(OC(F)F)C[C@H]1COc1ncc2c3c(c(-c4ncc(F)c5sc(N)c(C#N)c45)c(F)c2n1)COC3. The minimum atomic E-state index is -2.86. The number of thiophene rings is 1. The van der Waals surface area contributed by atoms with E-state index >= 15 is 4.39 Å². The first-order chi connectivity index (χ1) is 18.8. The maximum atomic E-state index is 16.3. The van der Waals surface area contributed by atoms with Crippen molar-refractivity contribution in [3.8, 4) is 23.3 Å². The molecule has 5 heterocycles. The summed E-state index contributed by atoms with van der Waals surface area (Å²) in [6.07, 6.45) is 2.11. The molecular weight excluding hydrogens is 540 g/mol. The summed E-state index contributed by atoms with van der Waals surface area (Å²) in [6.45, 7) is -2.22. The van der Waals surface area contributed by atoms with E-state index in [1.165, 1.54) is 6.20 Å². The smallest absolute Gasteiger partial charge is 0.345 e. The van der Waals surface area contributed by atoms with E-state index in [4.69, 9.17) is 15.2 Å². The van der Waals surface area contributed by atoms with Crippen molar-refractivity contribution in [3.63, 3.8) is 0 Å². The number of alkyl halides is 2. The highest BCUT2D eigenvalue weighted by Crippen LogP contribution is 2.45. The van der Waals surface area contributed by atoms with Gasteiger partial charge in [-0.15, -0.1) is 11.3 Å². The van der Waals surface area contributed by atoms with Crippen LogP contribution in [0.4, 0.5) is 22.6 Å². The Hall–Kier alpha value is -3.64. The van der Waals surface area contributed by atoms with Crippen molar-refractivity contribution in [2.75, 3.05) is 25.9 Å². The Morgan fingerprint density at radius 2 is 2.05 bits per heavy atom. The number of anilines is 1. The molecule has 1 aromatic carbocycles. The monoisotopic (exact) mass is 560 g/mol. The number of aromatic nitrogens is 3. The predicted octanol–water partition coefficient (Wildman–Crippen LogP) is 4.36. The van der Waals surface area contributed by atoms with E-state index in [0.717, 1.165) is 17.5 Å². The summed E-state index contributed by atoms with van der Waals surface area (Å²) in [4.78, 5) is 14.5. The van der Waals surface area contributed by atoms with Crippen LogP contribution in [0.2, 0.25) is 0 Å². The number of nitriles is 1. The number of likely N-dealkylation sites (tertiary alicyclic amines) is 1. The fourth-order valence-electron chi connectivity index (χ4n) is 5.24. The summed E-state index contributed by atoms with van der Waals surface area (Å²) < 4.78 is 72.2. The van der Waals surface area contributed by atoms with Crippen LogP contribution >= 0.6 is 11.3 Å². The van der Waals surface area contributed by atoms with Gasteiger partial charge in [0.1, 0.15) is 23.2 Å². The van der Waals surface area contributed by atoms with E-state index in [1.807, 2.05) is 11.0 Å². The largest absolute Gasteiger partial charge is 0.462 e. The highest BCUT2D eigenvalue weighted by Gasteiger charge is 2.33. The number of nitrogens with zero attached hydrogens (tertiary/aromatic N) is 5. The molecule has 1 saturated heterocycles. The fourth-order valence-corrected chi connectivity index (χ4v) is 6.16. The van der Waals surface area contributed by atoms with Gasteiger partial charge in [-0.3, -0.25) is 9.88 Å². The standard InChI is InChI=1S/C25H20F4N6O3S/c1-35-6-11(38-24(28)29)2-10(35)7-37-25-33-4-13-14-8-36-9-15(14)17(19(27)20(13)34-25)21-18-12(3-30)23(31)39-22(18)16(26)5-32-21/h4-5,10-11,24H,2,6-9,31H2,1H3/t10-,11?/m0/s1. The summed E-state index contributed by atoms with van der Waals surface area (Å²) in [6, 6.07) is 1.64. The van der Waals surface area contributed by atoms with Crippen molar-refractivity contribution in [1.82, 2.24) is 19.9 Å². The first-order valence-electron chi connectivity index (χ1n) is 11.9. The van der Waals surface area contributed by atoms with E-state index in [2.05, 4.69) is 19.7 Å². The van der Waals surface area contributed by atoms with Crippen molar-refractivity contribution < 1.29 is 31.8 Å². The Morgan fingerprint density at radius 1 is 1.26 bits per heavy atom. The zero-order valence-electron chi connectivity index (χ0n) is 20.4. The summed E-state index contributed by atoms with van der Waals surface area (Å²) >= 11 is 0.892. The molecule has 2 aliphatic rings. The third kappa shape index (κ3) is 4.31. The maximum absolute atomic E-state index is 16.3. The summed E-state index contributed by atoms with van der Waals surface area (Å²) in [5, 5.41) is 10.3. The van der Waals surface area contributed by atoms with Gasteiger partial charge in [0, 0.05) is 35.1 Å². The number of nitrogen functional groups attached to an aromatic ring is 1. The van der Waals surface area contributed by atoms with Crippen LogP contribution in [0.5, 0.6) is 6.01 Å². The van der Waals surface area contributed by atoms with E-state index in [0.29, 0.717) is 29.5 Å². The Balaban J connectivity index is 1.41. The number of halogens is 4. The summed E-state index contributed by atoms with van der Waals surface area (Å²) in [5.41, 5.74) is 7.19. The zero-order chi connectivity index (χ0) is 27.4. The van der Waals surface area contributed by atoms with E-state index in [9.17, 15) is 18.4 Å². The number of pyridine rings is 1. The molecule has 39 heavy (non-hydrogen) atoms.